The number of ether oxygens (including phenoxy) is 1. The Balaban J connectivity index is 2.49. The van der Waals surface area contributed by atoms with Crippen LogP contribution in [0, 0.1) is 19.8 Å². The van der Waals surface area contributed by atoms with E-state index in [4.69, 9.17) is 4.74 Å². The highest BCUT2D eigenvalue weighted by Gasteiger charge is 2.37. The number of aryl methyl sites for hydroxylation is 2. The molecule has 0 heterocycles. The number of hydrogen-bond acceptors (Lipinski definition) is 4. The highest BCUT2D eigenvalue weighted by Crippen LogP contribution is 2.27. The molecule has 2 atom stereocenters. The van der Waals surface area contributed by atoms with Crippen molar-refractivity contribution < 1.29 is 19.1 Å². The van der Waals surface area contributed by atoms with Crippen LogP contribution in [0.4, 0.5) is 4.79 Å². The minimum atomic E-state index is -0.851. The van der Waals surface area contributed by atoms with Gasteiger partial charge in [0.15, 0.2) is 0 Å². The number of nitrogens with one attached hydrogen (secondary N) is 2. The van der Waals surface area contributed by atoms with E-state index in [1.807, 2.05) is 70.2 Å². The van der Waals surface area contributed by atoms with Crippen molar-refractivity contribution in [2.24, 2.45) is 5.92 Å². The van der Waals surface area contributed by atoms with Crippen LogP contribution in [0.3, 0.4) is 0 Å². The van der Waals surface area contributed by atoms with Gasteiger partial charge in [-0.25, -0.2) is 4.79 Å². The van der Waals surface area contributed by atoms with Crippen LogP contribution in [0.15, 0.2) is 48.5 Å². The van der Waals surface area contributed by atoms with Gasteiger partial charge in [-0.15, -0.1) is 0 Å². The first kappa shape index (κ1) is 33.9. The maximum atomic E-state index is 14.3. The summed E-state index contributed by atoms with van der Waals surface area (Å²) in [6.45, 7) is 16.0. The molecule has 0 radical (unpaired) electrons. The van der Waals surface area contributed by atoms with Gasteiger partial charge in [-0.1, -0.05) is 106 Å². The van der Waals surface area contributed by atoms with Crippen molar-refractivity contribution in [3.63, 3.8) is 0 Å². The number of hydrogen-bond donors (Lipinski definition) is 2. The molecule has 0 saturated heterocycles. The lowest BCUT2D eigenvalue weighted by Crippen LogP contribution is -2.55. The average Bonchev–Trinajstić information content (AvgIpc) is 2.88. The van der Waals surface area contributed by atoms with Gasteiger partial charge in [0.25, 0.3) is 0 Å². The molecule has 2 N–H and O–H groups in total. The molecule has 0 aliphatic rings. The first-order chi connectivity index (χ1) is 19.3. The molecule has 0 fully saturated rings. The quantitative estimate of drug-likeness (QED) is 0.241. The standard InChI is InChI=1S/C34H51N3O4/c1-9-10-11-12-16-19-37(32(39)29(24(2)3)36-33(40)41-34(6,7)8)30(28-21-25(4)20-26(5)22-28)31(38)35-23-27-17-14-13-15-18-27/h13-15,17-18,20-22,24,29-30H,9-12,16,19,23H2,1-8H3,(H,35,38)(H,36,40). The third-order valence-corrected chi connectivity index (χ3v) is 6.82. The van der Waals surface area contributed by atoms with Crippen LogP contribution in [-0.4, -0.2) is 41.0 Å². The normalized spacial score (nSPS) is 12.9. The smallest absolute Gasteiger partial charge is 0.408 e. The Kier molecular flexibility index (Phi) is 13.4. The van der Waals surface area contributed by atoms with Gasteiger partial charge in [0.05, 0.1) is 0 Å². The Bertz CT molecular complexity index is 1100. The molecular weight excluding hydrogens is 514 g/mol. The second-order valence-electron chi connectivity index (χ2n) is 12.3. The molecule has 2 aromatic carbocycles. The molecule has 2 aromatic rings. The Hall–Kier alpha value is -3.35. The third-order valence-electron chi connectivity index (χ3n) is 6.82. The van der Waals surface area contributed by atoms with E-state index >= 15 is 0 Å². The monoisotopic (exact) mass is 565 g/mol. The van der Waals surface area contributed by atoms with Crippen molar-refractivity contribution in [3.8, 4) is 0 Å². The average molecular weight is 566 g/mol. The fraction of sp³-hybridized carbons (Fsp3) is 0.559. The summed E-state index contributed by atoms with van der Waals surface area (Å²) in [7, 11) is 0. The van der Waals surface area contributed by atoms with Crippen molar-refractivity contribution in [2.45, 2.75) is 112 Å². The zero-order valence-corrected chi connectivity index (χ0v) is 26.4. The van der Waals surface area contributed by atoms with Gasteiger partial charge in [-0.05, 0) is 58.1 Å². The molecule has 2 unspecified atom stereocenters. The molecule has 41 heavy (non-hydrogen) atoms. The van der Waals surface area contributed by atoms with Gasteiger partial charge in [-0.2, -0.15) is 0 Å². The molecule has 2 rings (SSSR count). The summed E-state index contributed by atoms with van der Waals surface area (Å²) in [6, 6.07) is 14.0. The first-order valence-electron chi connectivity index (χ1n) is 15.0. The minimum Gasteiger partial charge on any atom is -0.444 e. The van der Waals surface area contributed by atoms with E-state index in [0.29, 0.717) is 13.1 Å². The molecule has 7 heteroatoms. The fourth-order valence-electron chi connectivity index (χ4n) is 4.90. The molecular formula is C34H51N3O4. The van der Waals surface area contributed by atoms with Gasteiger partial charge in [0.2, 0.25) is 11.8 Å². The molecule has 7 nitrogen and oxygen atoms in total. The summed E-state index contributed by atoms with van der Waals surface area (Å²) in [5, 5.41) is 5.88. The van der Waals surface area contributed by atoms with Gasteiger partial charge in [-0.3, -0.25) is 9.59 Å². The Morgan fingerprint density at radius 1 is 0.902 bits per heavy atom. The van der Waals surface area contributed by atoms with Crippen LogP contribution in [-0.2, 0) is 20.9 Å². The topological polar surface area (TPSA) is 87.7 Å². The highest BCUT2D eigenvalue weighted by molar-refractivity contribution is 5.92. The fourth-order valence-corrected chi connectivity index (χ4v) is 4.90. The van der Waals surface area contributed by atoms with Crippen LogP contribution < -0.4 is 10.6 Å². The molecule has 0 saturated carbocycles. The van der Waals surface area contributed by atoms with Crippen molar-refractivity contribution in [1.82, 2.24) is 15.5 Å². The van der Waals surface area contributed by atoms with Crippen LogP contribution in [0.1, 0.15) is 102 Å². The zero-order chi connectivity index (χ0) is 30.6. The minimum absolute atomic E-state index is 0.218. The van der Waals surface area contributed by atoms with Crippen molar-refractivity contribution in [1.29, 1.82) is 0 Å². The number of carbonyl (C=O) groups excluding carboxylic acids is 3. The molecule has 3 amide bonds. The van der Waals surface area contributed by atoms with Crippen LogP contribution in [0.5, 0.6) is 0 Å². The maximum absolute atomic E-state index is 14.3. The van der Waals surface area contributed by atoms with Gasteiger partial charge >= 0.3 is 6.09 Å². The maximum Gasteiger partial charge on any atom is 0.408 e. The van der Waals surface area contributed by atoms with Crippen LogP contribution >= 0.6 is 0 Å². The highest BCUT2D eigenvalue weighted by atomic mass is 16.6. The number of carbonyl (C=O) groups is 3. The molecule has 0 bridgehead atoms. The van der Waals surface area contributed by atoms with Crippen molar-refractivity contribution in [3.05, 3.63) is 70.8 Å². The van der Waals surface area contributed by atoms with E-state index in [1.54, 1.807) is 25.7 Å². The molecule has 0 aromatic heterocycles. The number of unbranched alkanes of at least 4 members (excludes halogenated alkanes) is 4. The predicted octanol–water partition coefficient (Wildman–Crippen LogP) is 7.01. The molecule has 0 aliphatic carbocycles. The number of benzene rings is 2. The Labute approximate surface area is 247 Å². The SMILES string of the molecule is CCCCCCCN(C(=O)C(NC(=O)OC(C)(C)C)C(C)C)C(C(=O)NCc1ccccc1)c1cc(C)cc(C)c1. The lowest BCUT2D eigenvalue weighted by molar-refractivity contribution is -0.143. The first-order valence-corrected chi connectivity index (χ1v) is 15.0. The zero-order valence-electron chi connectivity index (χ0n) is 26.4. The summed E-state index contributed by atoms with van der Waals surface area (Å²) < 4.78 is 5.49. The number of alkyl carbamates (subject to hydrolysis) is 1. The lowest BCUT2D eigenvalue weighted by atomic mass is 9.96. The predicted molar refractivity (Wildman–Crippen MR) is 165 cm³/mol. The van der Waals surface area contributed by atoms with Crippen molar-refractivity contribution >= 4 is 17.9 Å². The summed E-state index contributed by atoms with van der Waals surface area (Å²) in [4.78, 5) is 42.8. The van der Waals surface area contributed by atoms with E-state index in [9.17, 15) is 14.4 Å². The number of amides is 3. The largest absolute Gasteiger partial charge is 0.444 e. The second-order valence-corrected chi connectivity index (χ2v) is 12.3. The van der Waals surface area contributed by atoms with Gasteiger partial charge in [0.1, 0.15) is 17.7 Å². The van der Waals surface area contributed by atoms with Crippen LogP contribution in [0.2, 0.25) is 0 Å². The Morgan fingerprint density at radius 3 is 2.07 bits per heavy atom. The molecule has 0 aliphatic heterocycles. The van der Waals surface area contributed by atoms with E-state index in [-0.39, 0.29) is 17.7 Å². The van der Waals surface area contributed by atoms with E-state index in [0.717, 1.165) is 54.4 Å². The summed E-state index contributed by atoms with van der Waals surface area (Å²) >= 11 is 0. The van der Waals surface area contributed by atoms with Crippen LogP contribution in [0.25, 0.3) is 0 Å². The third kappa shape index (κ3) is 11.6. The van der Waals surface area contributed by atoms with Gasteiger partial charge in [0, 0.05) is 13.1 Å². The van der Waals surface area contributed by atoms with Crippen molar-refractivity contribution in [2.75, 3.05) is 6.54 Å². The van der Waals surface area contributed by atoms with E-state index < -0.39 is 23.8 Å². The Morgan fingerprint density at radius 2 is 1.51 bits per heavy atom. The van der Waals surface area contributed by atoms with E-state index in [2.05, 4.69) is 23.6 Å². The second kappa shape index (κ2) is 16.2. The molecule has 0 spiro atoms. The van der Waals surface area contributed by atoms with Gasteiger partial charge < -0.3 is 20.3 Å². The lowest BCUT2D eigenvalue weighted by Gasteiger charge is -2.36. The number of nitrogens with zero attached hydrogens (tertiary/aromatic N) is 1. The van der Waals surface area contributed by atoms with E-state index in [1.165, 1.54) is 0 Å². The molecule has 226 valence electrons. The summed E-state index contributed by atoms with van der Waals surface area (Å²) in [5.41, 5.74) is 3.07. The summed E-state index contributed by atoms with van der Waals surface area (Å²) in [5.74, 6) is -0.759. The number of rotatable bonds is 14. The summed E-state index contributed by atoms with van der Waals surface area (Å²) in [6.07, 6.45) is 4.37.